The number of rotatable bonds is 1. The summed E-state index contributed by atoms with van der Waals surface area (Å²) in [5.41, 5.74) is 0. The van der Waals surface area contributed by atoms with Crippen LogP contribution in [0.25, 0.3) is 0 Å². The molecule has 70 valence electrons. The van der Waals surface area contributed by atoms with Gasteiger partial charge in [-0.15, -0.1) is 10.2 Å². The first kappa shape index (κ1) is 7.87. The normalized spacial score (nSPS) is 37.2. The first-order chi connectivity index (χ1) is 6.33. The SMILES string of the molecule is Brc1nnn([C@H]2CN3CC[C@H]2C3)n1. The van der Waals surface area contributed by atoms with E-state index in [0.29, 0.717) is 10.8 Å². The Bertz CT molecular complexity index is 324. The maximum atomic E-state index is 4.20. The smallest absolute Gasteiger partial charge is 0.239 e. The van der Waals surface area contributed by atoms with Crippen LogP contribution in [0.4, 0.5) is 0 Å². The number of piperidine rings is 1. The van der Waals surface area contributed by atoms with Gasteiger partial charge in [0.1, 0.15) is 0 Å². The molecule has 0 saturated carbocycles. The number of nitrogens with zero attached hydrogens (tertiary/aromatic N) is 5. The predicted molar refractivity (Wildman–Crippen MR) is 49.1 cm³/mol. The number of halogens is 1. The van der Waals surface area contributed by atoms with Gasteiger partial charge in [0.25, 0.3) is 0 Å². The summed E-state index contributed by atoms with van der Waals surface area (Å²) in [6.45, 7) is 3.55. The van der Waals surface area contributed by atoms with Crippen LogP contribution in [-0.2, 0) is 0 Å². The van der Waals surface area contributed by atoms with Crippen LogP contribution in [0.5, 0.6) is 0 Å². The maximum absolute atomic E-state index is 4.20. The van der Waals surface area contributed by atoms with Crippen LogP contribution >= 0.6 is 15.9 Å². The lowest BCUT2D eigenvalue weighted by atomic mass is 10.0. The molecule has 0 N–H and O–H groups in total. The van der Waals surface area contributed by atoms with Crippen molar-refractivity contribution in [2.45, 2.75) is 12.5 Å². The molecule has 0 aromatic carbocycles. The lowest BCUT2D eigenvalue weighted by Crippen LogP contribution is -2.27. The average Bonchev–Trinajstić information content (AvgIpc) is 2.77. The molecule has 0 radical (unpaired) electrons. The highest BCUT2D eigenvalue weighted by Gasteiger charge is 2.40. The van der Waals surface area contributed by atoms with Crippen molar-refractivity contribution in [1.82, 2.24) is 25.1 Å². The van der Waals surface area contributed by atoms with Crippen molar-refractivity contribution >= 4 is 15.9 Å². The Balaban J connectivity index is 1.87. The maximum Gasteiger partial charge on any atom is 0.239 e. The molecule has 2 aliphatic rings. The molecule has 0 amide bonds. The van der Waals surface area contributed by atoms with Crippen molar-refractivity contribution in [3.05, 3.63) is 4.73 Å². The molecule has 2 bridgehead atoms. The summed E-state index contributed by atoms with van der Waals surface area (Å²) in [7, 11) is 0. The molecule has 2 fully saturated rings. The molecule has 2 aliphatic heterocycles. The fourth-order valence-corrected chi connectivity index (χ4v) is 2.60. The van der Waals surface area contributed by atoms with E-state index in [4.69, 9.17) is 0 Å². The highest BCUT2D eigenvalue weighted by molar-refractivity contribution is 9.10. The van der Waals surface area contributed by atoms with E-state index in [9.17, 15) is 0 Å². The number of hydrogen-bond acceptors (Lipinski definition) is 4. The Morgan fingerprint density at radius 2 is 2.31 bits per heavy atom. The van der Waals surface area contributed by atoms with Crippen molar-refractivity contribution in [1.29, 1.82) is 0 Å². The predicted octanol–water partition coefficient (Wildman–Crippen LogP) is 0.312. The van der Waals surface area contributed by atoms with Crippen molar-refractivity contribution in [3.8, 4) is 0 Å². The summed E-state index contributed by atoms with van der Waals surface area (Å²) in [5, 5.41) is 12.0. The fourth-order valence-electron chi connectivity index (χ4n) is 2.37. The zero-order chi connectivity index (χ0) is 8.84. The first-order valence-electron chi connectivity index (χ1n) is 4.50. The van der Waals surface area contributed by atoms with Crippen LogP contribution in [0.2, 0.25) is 0 Å². The summed E-state index contributed by atoms with van der Waals surface area (Å²) < 4.78 is 0.588. The third-order valence-corrected chi connectivity index (χ3v) is 3.32. The Morgan fingerprint density at radius 3 is 2.85 bits per heavy atom. The summed E-state index contributed by atoms with van der Waals surface area (Å²) in [5.74, 6) is 0.737. The van der Waals surface area contributed by atoms with E-state index in [1.807, 2.05) is 0 Å². The van der Waals surface area contributed by atoms with E-state index < -0.39 is 0 Å². The van der Waals surface area contributed by atoms with Gasteiger partial charge in [-0.05, 0) is 40.0 Å². The highest BCUT2D eigenvalue weighted by atomic mass is 79.9. The van der Waals surface area contributed by atoms with Crippen LogP contribution in [0, 0.1) is 5.92 Å². The molecule has 3 atom stereocenters. The third-order valence-electron chi connectivity index (χ3n) is 3.00. The van der Waals surface area contributed by atoms with Gasteiger partial charge in [0, 0.05) is 13.1 Å². The third kappa shape index (κ3) is 1.20. The van der Waals surface area contributed by atoms with Crippen LogP contribution in [0.15, 0.2) is 4.73 Å². The quantitative estimate of drug-likeness (QED) is 0.713. The van der Waals surface area contributed by atoms with E-state index in [-0.39, 0.29) is 0 Å². The van der Waals surface area contributed by atoms with Gasteiger partial charge in [-0.25, -0.2) is 0 Å². The molecule has 3 rings (SSSR count). The van der Waals surface area contributed by atoms with Crippen LogP contribution in [-0.4, -0.2) is 44.7 Å². The van der Waals surface area contributed by atoms with E-state index in [1.54, 1.807) is 4.80 Å². The van der Waals surface area contributed by atoms with Crippen LogP contribution in [0.3, 0.4) is 0 Å². The van der Waals surface area contributed by atoms with Crippen molar-refractivity contribution in [3.63, 3.8) is 0 Å². The Morgan fingerprint density at radius 1 is 1.38 bits per heavy atom. The Hall–Kier alpha value is -0.490. The molecular weight excluding hydrogens is 234 g/mol. The van der Waals surface area contributed by atoms with Gasteiger partial charge in [0.05, 0.1) is 6.04 Å². The molecule has 0 aliphatic carbocycles. The molecule has 13 heavy (non-hydrogen) atoms. The number of hydrogen-bond donors (Lipinski definition) is 0. The van der Waals surface area contributed by atoms with E-state index in [0.717, 1.165) is 12.5 Å². The molecular formula is C7H10BrN5. The van der Waals surface area contributed by atoms with Crippen LogP contribution < -0.4 is 0 Å². The van der Waals surface area contributed by atoms with Gasteiger partial charge >= 0.3 is 0 Å². The number of aromatic nitrogens is 4. The van der Waals surface area contributed by atoms with Crippen molar-refractivity contribution in [2.24, 2.45) is 5.92 Å². The molecule has 6 heteroatoms. The first-order valence-corrected chi connectivity index (χ1v) is 5.29. The molecule has 5 nitrogen and oxygen atoms in total. The van der Waals surface area contributed by atoms with Gasteiger partial charge in [-0.3, -0.25) is 0 Å². The molecule has 0 spiro atoms. The van der Waals surface area contributed by atoms with E-state index in [1.165, 1.54) is 19.5 Å². The molecule has 1 unspecified atom stereocenters. The number of fused-ring (bicyclic) bond motifs is 2. The number of tetrazole rings is 1. The van der Waals surface area contributed by atoms with E-state index in [2.05, 4.69) is 36.2 Å². The minimum absolute atomic E-state index is 0.451. The summed E-state index contributed by atoms with van der Waals surface area (Å²) >= 11 is 3.21. The summed E-state index contributed by atoms with van der Waals surface area (Å²) in [4.78, 5) is 4.22. The van der Waals surface area contributed by atoms with Crippen molar-refractivity contribution < 1.29 is 0 Å². The summed E-state index contributed by atoms with van der Waals surface area (Å²) in [6, 6.07) is 0.451. The Kier molecular flexibility index (Phi) is 1.66. The topological polar surface area (TPSA) is 46.8 Å². The lowest BCUT2D eigenvalue weighted by molar-refractivity contribution is 0.263. The van der Waals surface area contributed by atoms with Gasteiger partial charge in [0.15, 0.2) is 0 Å². The monoisotopic (exact) mass is 243 g/mol. The molecule has 2 saturated heterocycles. The Labute approximate surface area is 84.2 Å². The van der Waals surface area contributed by atoms with Crippen LogP contribution in [0.1, 0.15) is 12.5 Å². The van der Waals surface area contributed by atoms with Gasteiger partial charge in [0.2, 0.25) is 4.73 Å². The zero-order valence-electron chi connectivity index (χ0n) is 7.10. The molecule has 3 heterocycles. The van der Waals surface area contributed by atoms with Gasteiger partial charge in [-0.2, -0.15) is 4.80 Å². The molecule has 1 aromatic heterocycles. The highest BCUT2D eigenvalue weighted by Crippen LogP contribution is 2.35. The second-order valence-corrected chi connectivity index (χ2v) is 4.46. The standard InChI is InChI=1S/C7H10BrN5/c8-7-9-11-13(10-7)6-4-12-2-1-5(6)3-12/h5-6H,1-4H2/t5-,6-/m0/s1. The summed E-state index contributed by atoms with van der Waals surface area (Å²) in [6.07, 6.45) is 1.28. The van der Waals surface area contributed by atoms with Crippen molar-refractivity contribution in [2.75, 3.05) is 19.6 Å². The van der Waals surface area contributed by atoms with Gasteiger partial charge in [-0.1, -0.05) is 0 Å². The minimum Gasteiger partial charge on any atom is -0.301 e. The molecule has 1 aromatic rings. The van der Waals surface area contributed by atoms with E-state index >= 15 is 0 Å². The lowest BCUT2D eigenvalue weighted by Gasteiger charge is -2.20. The van der Waals surface area contributed by atoms with Gasteiger partial charge < -0.3 is 4.90 Å². The zero-order valence-corrected chi connectivity index (χ0v) is 8.68. The second kappa shape index (κ2) is 2.75. The average molecular weight is 244 g/mol. The fraction of sp³-hybridized carbons (Fsp3) is 0.857. The largest absolute Gasteiger partial charge is 0.301 e. The minimum atomic E-state index is 0.451. The second-order valence-electron chi connectivity index (χ2n) is 3.75.